The molecule has 2 aliphatic rings. The van der Waals surface area contributed by atoms with E-state index in [1.807, 2.05) is 24.3 Å². The lowest BCUT2D eigenvalue weighted by Gasteiger charge is -2.24. The van der Waals surface area contributed by atoms with Gasteiger partial charge in [0.25, 0.3) is 0 Å². The van der Waals surface area contributed by atoms with Crippen LogP contribution in [0.25, 0.3) is 0 Å². The van der Waals surface area contributed by atoms with E-state index in [2.05, 4.69) is 31.2 Å². The van der Waals surface area contributed by atoms with Crippen molar-refractivity contribution in [2.24, 2.45) is 11.7 Å². The van der Waals surface area contributed by atoms with Crippen LogP contribution >= 0.6 is 0 Å². The van der Waals surface area contributed by atoms with Crippen LogP contribution in [0, 0.1) is 5.92 Å². The van der Waals surface area contributed by atoms with Crippen LogP contribution in [0.3, 0.4) is 0 Å². The standard InChI is InChI=1S/C30H48N8O3/c31-15-17-40-19-20-41-18-16-32-27(39)21-23-11-13-26(14-12-23)35-30-37-28(33-22-24-7-3-1-4-8-24)36-29(38-30)34-25-9-5-2-6-10-25/h11-14,24-25H,1-10,15-22,31H2,(H,32,39)(H3,33,34,35,36,37,38). The highest BCUT2D eigenvalue weighted by atomic mass is 16.5. The molecule has 4 rings (SSSR count). The minimum Gasteiger partial charge on any atom is -0.378 e. The maximum Gasteiger partial charge on any atom is 0.233 e. The Morgan fingerprint density at radius 1 is 0.805 bits per heavy atom. The van der Waals surface area contributed by atoms with Crippen LogP contribution in [0.4, 0.5) is 23.5 Å². The van der Waals surface area contributed by atoms with Gasteiger partial charge in [0, 0.05) is 31.4 Å². The van der Waals surface area contributed by atoms with Crippen molar-refractivity contribution in [3.63, 3.8) is 0 Å². The molecule has 0 radical (unpaired) electrons. The first kappa shape index (κ1) is 30.9. The number of hydrogen-bond acceptors (Lipinski definition) is 10. The summed E-state index contributed by atoms with van der Waals surface area (Å²) in [4.78, 5) is 26.4. The van der Waals surface area contributed by atoms with Crippen molar-refractivity contribution in [3.8, 4) is 0 Å². The van der Waals surface area contributed by atoms with Crippen molar-refractivity contribution in [3.05, 3.63) is 29.8 Å². The lowest BCUT2D eigenvalue weighted by Crippen LogP contribution is -2.29. The van der Waals surface area contributed by atoms with Crippen molar-refractivity contribution < 1.29 is 14.3 Å². The molecule has 0 unspecified atom stereocenters. The van der Waals surface area contributed by atoms with Crippen molar-refractivity contribution in [1.29, 1.82) is 0 Å². The van der Waals surface area contributed by atoms with Crippen LogP contribution in [-0.4, -0.2) is 73.0 Å². The van der Waals surface area contributed by atoms with Crippen molar-refractivity contribution in [2.75, 3.05) is 62.0 Å². The molecule has 6 N–H and O–H groups in total. The smallest absolute Gasteiger partial charge is 0.233 e. The van der Waals surface area contributed by atoms with Crippen LogP contribution < -0.4 is 27.0 Å². The molecule has 2 saturated carbocycles. The number of amides is 1. The minimum absolute atomic E-state index is 0.0433. The molecule has 226 valence electrons. The predicted octanol–water partition coefficient (Wildman–Crippen LogP) is 4.00. The number of nitrogens with one attached hydrogen (secondary N) is 4. The number of rotatable bonds is 17. The third-order valence-corrected chi connectivity index (χ3v) is 7.62. The van der Waals surface area contributed by atoms with Gasteiger partial charge in [-0.25, -0.2) is 0 Å². The number of benzene rings is 1. The van der Waals surface area contributed by atoms with E-state index in [9.17, 15) is 4.79 Å². The van der Waals surface area contributed by atoms with Crippen LogP contribution in [0.1, 0.15) is 69.8 Å². The van der Waals surface area contributed by atoms with Gasteiger partial charge in [-0.15, -0.1) is 0 Å². The highest BCUT2D eigenvalue weighted by Gasteiger charge is 2.17. The molecule has 11 nitrogen and oxygen atoms in total. The first-order valence-corrected chi connectivity index (χ1v) is 15.4. The summed E-state index contributed by atoms with van der Waals surface area (Å²) in [5.74, 6) is 2.35. The molecule has 0 bridgehead atoms. The van der Waals surface area contributed by atoms with Gasteiger partial charge in [0.1, 0.15) is 0 Å². The second-order valence-corrected chi connectivity index (χ2v) is 11.0. The maximum absolute atomic E-state index is 12.3. The number of carbonyl (C=O) groups excluding carboxylic acids is 1. The summed E-state index contributed by atoms with van der Waals surface area (Å²) in [6, 6.07) is 8.17. The Bertz CT molecular complexity index is 1030. The Hall–Kier alpha value is -3.02. The van der Waals surface area contributed by atoms with Crippen LogP contribution in [0.15, 0.2) is 24.3 Å². The second-order valence-electron chi connectivity index (χ2n) is 11.0. The molecule has 0 aliphatic heterocycles. The molecule has 0 saturated heterocycles. The number of nitrogens with zero attached hydrogens (tertiary/aromatic N) is 3. The fourth-order valence-corrected chi connectivity index (χ4v) is 5.38. The van der Waals surface area contributed by atoms with E-state index in [4.69, 9.17) is 20.2 Å². The number of nitrogens with two attached hydrogens (primary N) is 1. The average Bonchev–Trinajstić information content (AvgIpc) is 2.99. The zero-order chi connectivity index (χ0) is 28.5. The molecule has 1 aromatic heterocycles. The van der Waals surface area contributed by atoms with Crippen LogP contribution in [-0.2, 0) is 20.7 Å². The molecule has 1 heterocycles. The summed E-state index contributed by atoms with van der Waals surface area (Å²) in [5, 5.41) is 13.2. The SMILES string of the molecule is NCCOCCOCCNC(=O)Cc1ccc(Nc2nc(NCC3CCCCC3)nc(NC3CCCCC3)n2)cc1. The first-order valence-electron chi connectivity index (χ1n) is 15.4. The second kappa shape index (κ2) is 17.7. The van der Waals surface area contributed by atoms with E-state index >= 15 is 0 Å². The third kappa shape index (κ3) is 11.8. The Labute approximate surface area is 244 Å². The molecule has 0 spiro atoms. The van der Waals surface area contributed by atoms with Crippen LogP contribution in [0.2, 0.25) is 0 Å². The molecule has 2 fully saturated rings. The number of anilines is 4. The molecule has 0 atom stereocenters. The molecule has 11 heteroatoms. The summed E-state index contributed by atoms with van der Waals surface area (Å²) in [7, 11) is 0. The highest BCUT2D eigenvalue weighted by molar-refractivity contribution is 5.78. The van der Waals surface area contributed by atoms with E-state index in [-0.39, 0.29) is 5.91 Å². The normalized spacial score (nSPS) is 16.3. The van der Waals surface area contributed by atoms with Gasteiger partial charge >= 0.3 is 0 Å². The van der Waals surface area contributed by atoms with Gasteiger partial charge in [0.15, 0.2) is 0 Å². The fourth-order valence-electron chi connectivity index (χ4n) is 5.38. The van der Waals surface area contributed by atoms with Gasteiger partial charge in [-0.2, -0.15) is 15.0 Å². The molecule has 2 aromatic rings. The van der Waals surface area contributed by atoms with Crippen LogP contribution in [0.5, 0.6) is 0 Å². The van der Waals surface area contributed by atoms with E-state index in [0.717, 1.165) is 30.6 Å². The number of hydrogen-bond donors (Lipinski definition) is 5. The van der Waals surface area contributed by atoms with E-state index in [1.165, 1.54) is 51.4 Å². The molecular weight excluding hydrogens is 520 g/mol. The predicted molar refractivity (Wildman–Crippen MR) is 163 cm³/mol. The summed E-state index contributed by atoms with van der Waals surface area (Å²) in [6.07, 6.45) is 12.9. The Kier molecular flexibility index (Phi) is 13.4. The van der Waals surface area contributed by atoms with Crippen molar-refractivity contribution in [1.82, 2.24) is 20.3 Å². The molecule has 1 aromatic carbocycles. The maximum atomic E-state index is 12.3. The van der Waals surface area contributed by atoms with E-state index in [0.29, 0.717) is 75.7 Å². The summed E-state index contributed by atoms with van der Waals surface area (Å²) in [5.41, 5.74) is 7.15. The number of aromatic nitrogens is 3. The highest BCUT2D eigenvalue weighted by Crippen LogP contribution is 2.25. The van der Waals surface area contributed by atoms with Gasteiger partial charge in [-0.1, -0.05) is 50.7 Å². The molecule has 41 heavy (non-hydrogen) atoms. The van der Waals surface area contributed by atoms with Gasteiger partial charge in [0.05, 0.1) is 32.8 Å². The summed E-state index contributed by atoms with van der Waals surface area (Å²) >= 11 is 0. The molecule has 1 amide bonds. The van der Waals surface area contributed by atoms with Crippen molar-refractivity contribution in [2.45, 2.75) is 76.7 Å². The average molecular weight is 569 g/mol. The van der Waals surface area contributed by atoms with E-state index < -0.39 is 0 Å². The zero-order valence-corrected chi connectivity index (χ0v) is 24.3. The Morgan fingerprint density at radius 3 is 2.20 bits per heavy atom. The number of carbonyl (C=O) groups is 1. The number of ether oxygens (including phenoxy) is 2. The largest absolute Gasteiger partial charge is 0.378 e. The summed E-state index contributed by atoms with van der Waals surface area (Å²) < 4.78 is 10.7. The molecular formula is C30H48N8O3. The fraction of sp³-hybridized carbons (Fsp3) is 0.667. The van der Waals surface area contributed by atoms with Gasteiger partial charge in [0.2, 0.25) is 23.8 Å². The molecule has 2 aliphatic carbocycles. The topological polar surface area (TPSA) is 148 Å². The lowest BCUT2D eigenvalue weighted by atomic mass is 9.89. The Morgan fingerprint density at radius 2 is 1.46 bits per heavy atom. The lowest BCUT2D eigenvalue weighted by molar-refractivity contribution is -0.120. The van der Waals surface area contributed by atoms with Gasteiger partial charge in [-0.05, 0) is 49.3 Å². The quantitative estimate of drug-likeness (QED) is 0.177. The zero-order valence-electron chi connectivity index (χ0n) is 24.3. The third-order valence-electron chi connectivity index (χ3n) is 7.62. The monoisotopic (exact) mass is 568 g/mol. The van der Waals surface area contributed by atoms with Crippen molar-refractivity contribution >= 4 is 29.4 Å². The minimum atomic E-state index is -0.0433. The first-order chi connectivity index (χ1) is 20.2. The van der Waals surface area contributed by atoms with Gasteiger partial charge in [-0.3, -0.25) is 4.79 Å². The summed E-state index contributed by atoms with van der Waals surface area (Å²) in [6.45, 7) is 3.82. The Balaban J connectivity index is 1.27. The van der Waals surface area contributed by atoms with E-state index in [1.54, 1.807) is 0 Å². The van der Waals surface area contributed by atoms with Gasteiger partial charge < -0.3 is 36.5 Å².